The molecule has 0 aliphatic rings. The molecule has 1 heterocycles. The van der Waals surface area contributed by atoms with Crippen molar-refractivity contribution in [2.24, 2.45) is 0 Å². The van der Waals surface area contributed by atoms with E-state index < -0.39 is 17.8 Å². The van der Waals surface area contributed by atoms with Crippen LogP contribution in [-0.4, -0.2) is 55.6 Å². The third-order valence-corrected chi connectivity index (χ3v) is 4.79. The summed E-state index contributed by atoms with van der Waals surface area (Å²) in [5, 5.41) is 27.9. The van der Waals surface area contributed by atoms with Gasteiger partial charge in [-0.25, -0.2) is 14.6 Å². The summed E-state index contributed by atoms with van der Waals surface area (Å²) < 4.78 is 5.40. The summed E-state index contributed by atoms with van der Waals surface area (Å²) in [6.07, 6.45) is 0. The monoisotopic (exact) mass is 442 g/mol. The van der Waals surface area contributed by atoms with Crippen molar-refractivity contribution in [2.45, 2.75) is 12.1 Å². The zero-order chi connectivity index (χ0) is 22.4. The Kier molecular flexibility index (Phi) is 6.88. The number of aromatic carboxylic acids is 2. The standard InChI is InChI=1S/C20H18N4O6S/c1-2-30-15-5-3-11(4-6-15)17-22-20(24-23-17)31-10-16(25)21-14-8-12(18(26)27)7-13(9-14)19(28)29/h3-9H,2,10H2,1H3,(H,21,25)(H,26,27)(H,28,29)(H,22,23,24). The quantitative estimate of drug-likeness (QED) is 0.366. The number of hydrogen-bond donors (Lipinski definition) is 4. The highest BCUT2D eigenvalue weighted by Crippen LogP contribution is 2.22. The van der Waals surface area contributed by atoms with Gasteiger partial charge in [-0.2, -0.15) is 0 Å². The van der Waals surface area contributed by atoms with Crippen molar-refractivity contribution in [3.63, 3.8) is 0 Å². The van der Waals surface area contributed by atoms with Crippen LogP contribution in [0.4, 0.5) is 5.69 Å². The first kappa shape index (κ1) is 21.8. The summed E-state index contributed by atoms with van der Waals surface area (Å²) in [5.41, 5.74) is 0.403. The van der Waals surface area contributed by atoms with E-state index in [0.29, 0.717) is 17.6 Å². The molecule has 0 fully saturated rings. The average molecular weight is 442 g/mol. The van der Waals surface area contributed by atoms with Crippen molar-refractivity contribution in [2.75, 3.05) is 17.7 Å². The van der Waals surface area contributed by atoms with Gasteiger partial charge in [0.05, 0.1) is 23.5 Å². The molecule has 4 N–H and O–H groups in total. The van der Waals surface area contributed by atoms with Crippen LogP contribution in [0, 0.1) is 0 Å². The number of H-pyrrole nitrogens is 1. The summed E-state index contributed by atoms with van der Waals surface area (Å²) >= 11 is 1.07. The van der Waals surface area contributed by atoms with Gasteiger partial charge in [0.15, 0.2) is 5.82 Å². The number of nitrogens with one attached hydrogen (secondary N) is 2. The Morgan fingerprint density at radius 1 is 1.06 bits per heavy atom. The lowest BCUT2D eigenvalue weighted by atomic mass is 10.1. The van der Waals surface area contributed by atoms with Crippen LogP contribution in [0.5, 0.6) is 5.75 Å². The predicted octanol–water partition coefficient (Wildman–Crippen LogP) is 3.00. The van der Waals surface area contributed by atoms with E-state index in [0.717, 1.165) is 29.1 Å². The Bertz CT molecular complexity index is 1080. The van der Waals surface area contributed by atoms with E-state index in [1.807, 2.05) is 31.2 Å². The van der Waals surface area contributed by atoms with Crippen LogP contribution in [0.2, 0.25) is 0 Å². The highest BCUT2D eigenvalue weighted by molar-refractivity contribution is 7.99. The number of hydrogen-bond acceptors (Lipinski definition) is 7. The number of benzene rings is 2. The predicted molar refractivity (Wildman–Crippen MR) is 113 cm³/mol. The minimum Gasteiger partial charge on any atom is -0.494 e. The zero-order valence-electron chi connectivity index (χ0n) is 16.3. The van der Waals surface area contributed by atoms with Crippen LogP contribution < -0.4 is 10.1 Å². The lowest BCUT2D eigenvalue weighted by molar-refractivity contribution is -0.113. The number of anilines is 1. The van der Waals surface area contributed by atoms with Crippen LogP contribution >= 0.6 is 11.8 Å². The summed E-state index contributed by atoms with van der Waals surface area (Å²) in [6.45, 7) is 2.47. The molecule has 1 amide bonds. The van der Waals surface area contributed by atoms with Gasteiger partial charge in [-0.15, -0.1) is 5.10 Å². The first-order valence-corrected chi connectivity index (χ1v) is 10.0. The third kappa shape index (κ3) is 5.82. The zero-order valence-corrected chi connectivity index (χ0v) is 17.1. The largest absolute Gasteiger partial charge is 0.494 e. The number of carbonyl (C=O) groups is 3. The van der Waals surface area contributed by atoms with Gasteiger partial charge < -0.3 is 20.3 Å². The molecule has 0 bridgehead atoms. The minimum absolute atomic E-state index is 0.0553. The van der Waals surface area contributed by atoms with Gasteiger partial charge in [-0.05, 0) is 49.4 Å². The number of carboxylic acid groups (broad SMARTS) is 2. The number of carbonyl (C=O) groups excluding carboxylic acids is 1. The fraction of sp³-hybridized carbons (Fsp3) is 0.150. The van der Waals surface area contributed by atoms with Gasteiger partial charge in [0.25, 0.3) is 0 Å². The number of nitrogens with zero attached hydrogens (tertiary/aromatic N) is 2. The molecule has 2 aromatic carbocycles. The van der Waals surface area contributed by atoms with Crippen LogP contribution in [0.25, 0.3) is 11.4 Å². The first-order valence-electron chi connectivity index (χ1n) is 9.05. The lowest BCUT2D eigenvalue weighted by Crippen LogP contribution is -2.15. The second-order valence-electron chi connectivity index (χ2n) is 6.17. The van der Waals surface area contributed by atoms with Gasteiger partial charge in [0, 0.05) is 11.3 Å². The fourth-order valence-electron chi connectivity index (χ4n) is 2.59. The summed E-state index contributed by atoms with van der Waals surface area (Å²) in [5.74, 6) is -1.83. The van der Waals surface area contributed by atoms with Crippen LogP contribution in [0.3, 0.4) is 0 Å². The SMILES string of the molecule is CCOc1ccc(-c2nc(SCC(=O)Nc3cc(C(=O)O)cc(C(=O)O)c3)n[nH]2)cc1. The van der Waals surface area contributed by atoms with Gasteiger partial charge in [0.1, 0.15) is 5.75 Å². The highest BCUT2D eigenvalue weighted by Gasteiger charge is 2.14. The second kappa shape index (κ2) is 9.76. The van der Waals surface area contributed by atoms with E-state index in [-0.39, 0.29) is 22.6 Å². The average Bonchev–Trinajstić information content (AvgIpc) is 3.22. The topological polar surface area (TPSA) is 154 Å². The number of carboxylic acids is 2. The fourth-order valence-corrected chi connectivity index (χ4v) is 3.19. The third-order valence-electron chi connectivity index (χ3n) is 3.95. The van der Waals surface area contributed by atoms with Crippen LogP contribution in [-0.2, 0) is 4.79 Å². The summed E-state index contributed by atoms with van der Waals surface area (Å²) in [6, 6.07) is 10.7. The van der Waals surface area contributed by atoms with Gasteiger partial charge >= 0.3 is 11.9 Å². The Labute approximate surface area is 180 Å². The lowest BCUT2D eigenvalue weighted by Gasteiger charge is -2.07. The van der Waals surface area contributed by atoms with Crippen LogP contribution in [0.15, 0.2) is 47.6 Å². The van der Waals surface area contributed by atoms with E-state index in [9.17, 15) is 14.4 Å². The summed E-state index contributed by atoms with van der Waals surface area (Å²) in [7, 11) is 0. The molecule has 0 aliphatic heterocycles. The molecule has 31 heavy (non-hydrogen) atoms. The molecular formula is C20H18N4O6S. The molecule has 10 nitrogen and oxygen atoms in total. The Balaban J connectivity index is 1.61. The van der Waals surface area contributed by atoms with Crippen molar-refractivity contribution >= 4 is 35.3 Å². The molecule has 0 saturated heterocycles. The maximum Gasteiger partial charge on any atom is 0.335 e. The van der Waals surface area contributed by atoms with Crippen molar-refractivity contribution in [1.29, 1.82) is 0 Å². The van der Waals surface area contributed by atoms with Gasteiger partial charge in [-0.1, -0.05) is 11.8 Å². The first-order chi connectivity index (χ1) is 14.9. The number of aromatic nitrogens is 3. The molecule has 1 aromatic heterocycles. The number of aromatic amines is 1. The molecule has 0 saturated carbocycles. The van der Waals surface area contributed by atoms with E-state index in [1.54, 1.807) is 0 Å². The molecule has 0 atom stereocenters. The molecule has 0 radical (unpaired) electrons. The number of rotatable bonds is 9. The molecule has 11 heteroatoms. The maximum atomic E-state index is 12.2. The molecule has 0 aliphatic carbocycles. The molecule has 160 valence electrons. The summed E-state index contributed by atoms with van der Waals surface area (Å²) in [4.78, 5) is 38.9. The molecule has 0 unspecified atom stereocenters. The second-order valence-corrected chi connectivity index (χ2v) is 7.11. The molecular weight excluding hydrogens is 424 g/mol. The van der Waals surface area contributed by atoms with Crippen molar-refractivity contribution < 1.29 is 29.3 Å². The molecule has 3 aromatic rings. The van der Waals surface area contributed by atoms with Gasteiger partial charge in [0.2, 0.25) is 11.1 Å². The smallest absolute Gasteiger partial charge is 0.335 e. The number of ether oxygens (including phenoxy) is 1. The van der Waals surface area contributed by atoms with E-state index in [1.165, 1.54) is 12.1 Å². The van der Waals surface area contributed by atoms with Crippen molar-refractivity contribution in [3.8, 4) is 17.1 Å². The number of thioether (sulfide) groups is 1. The van der Waals surface area contributed by atoms with E-state index in [2.05, 4.69) is 20.5 Å². The normalized spacial score (nSPS) is 10.5. The van der Waals surface area contributed by atoms with Crippen molar-refractivity contribution in [3.05, 3.63) is 53.6 Å². The molecule has 0 spiro atoms. The Morgan fingerprint density at radius 2 is 1.71 bits per heavy atom. The highest BCUT2D eigenvalue weighted by atomic mass is 32.2. The minimum atomic E-state index is -1.30. The van der Waals surface area contributed by atoms with Gasteiger partial charge in [-0.3, -0.25) is 9.89 Å². The Hall–Kier alpha value is -3.86. The van der Waals surface area contributed by atoms with Crippen molar-refractivity contribution in [1.82, 2.24) is 15.2 Å². The number of amides is 1. The van der Waals surface area contributed by atoms with E-state index >= 15 is 0 Å². The van der Waals surface area contributed by atoms with Crippen LogP contribution in [0.1, 0.15) is 27.6 Å². The Morgan fingerprint density at radius 3 is 2.29 bits per heavy atom. The van der Waals surface area contributed by atoms with E-state index in [4.69, 9.17) is 14.9 Å². The maximum absolute atomic E-state index is 12.2. The molecule has 3 rings (SSSR count).